The fourth-order valence-electron chi connectivity index (χ4n) is 0.997. The van der Waals surface area contributed by atoms with Crippen LogP contribution in [-0.4, -0.2) is 9.78 Å². The third kappa shape index (κ3) is 2.30. The predicted molar refractivity (Wildman–Crippen MR) is 47.9 cm³/mol. The van der Waals surface area contributed by atoms with Gasteiger partial charge in [0.05, 0.1) is 6.07 Å². The van der Waals surface area contributed by atoms with Gasteiger partial charge in [-0.3, -0.25) is 4.68 Å². The Kier molecular flexibility index (Phi) is 3.05. The molecule has 0 fully saturated rings. The van der Waals surface area contributed by atoms with Crippen molar-refractivity contribution in [1.29, 1.82) is 5.26 Å². The Balaban J connectivity index is 3.35. The first kappa shape index (κ1) is 11.6. The van der Waals surface area contributed by atoms with Crippen molar-refractivity contribution >= 4 is 17.7 Å². The maximum absolute atomic E-state index is 12.4. The van der Waals surface area contributed by atoms with E-state index in [1.165, 1.54) is 7.05 Å². The molecule has 80 valence electrons. The number of nitriles is 1. The number of aryl methyl sites for hydroxylation is 1. The molecular weight excluding hydrogens is 231 g/mol. The minimum absolute atomic E-state index is 0.158. The van der Waals surface area contributed by atoms with Crippen molar-refractivity contribution in [1.82, 2.24) is 9.78 Å². The number of rotatable bonds is 1. The second kappa shape index (κ2) is 3.95. The Hall–Kier alpha value is -1.48. The molecular formula is C8H5ClF3N3. The SMILES string of the molecule is Cn1nc(C(F)(F)F)c(C=CC#N)c1Cl. The molecule has 0 atom stereocenters. The molecule has 3 nitrogen and oxygen atoms in total. The average Bonchev–Trinajstić information content (AvgIpc) is 2.40. The Labute approximate surface area is 88.4 Å². The van der Waals surface area contributed by atoms with Crippen molar-refractivity contribution in [3.63, 3.8) is 0 Å². The summed E-state index contributed by atoms with van der Waals surface area (Å²) in [5, 5.41) is 11.3. The first-order valence-electron chi connectivity index (χ1n) is 3.73. The molecule has 0 spiro atoms. The molecule has 0 radical (unpaired) electrons. The van der Waals surface area contributed by atoms with Crippen LogP contribution in [0.2, 0.25) is 5.15 Å². The van der Waals surface area contributed by atoms with Gasteiger partial charge in [-0.25, -0.2) is 0 Å². The molecule has 0 aliphatic rings. The van der Waals surface area contributed by atoms with Gasteiger partial charge in [0.2, 0.25) is 0 Å². The summed E-state index contributed by atoms with van der Waals surface area (Å²) in [4.78, 5) is 0. The van der Waals surface area contributed by atoms with Crippen LogP contribution in [0.5, 0.6) is 0 Å². The molecule has 7 heteroatoms. The minimum Gasteiger partial charge on any atom is -0.256 e. The van der Waals surface area contributed by atoms with Crippen LogP contribution in [-0.2, 0) is 13.2 Å². The fraction of sp³-hybridized carbons (Fsp3) is 0.250. The zero-order valence-corrected chi connectivity index (χ0v) is 8.26. The summed E-state index contributed by atoms with van der Waals surface area (Å²) in [5.41, 5.74) is -1.39. The maximum atomic E-state index is 12.4. The van der Waals surface area contributed by atoms with Crippen LogP contribution in [0, 0.1) is 11.3 Å². The van der Waals surface area contributed by atoms with Gasteiger partial charge < -0.3 is 0 Å². The van der Waals surface area contributed by atoms with Crippen LogP contribution in [0.25, 0.3) is 6.08 Å². The number of alkyl halides is 3. The molecule has 0 saturated carbocycles. The Morgan fingerprint density at radius 1 is 1.53 bits per heavy atom. The van der Waals surface area contributed by atoms with Gasteiger partial charge in [-0.05, 0) is 6.08 Å². The molecule has 0 amide bonds. The molecule has 1 rings (SSSR count). The van der Waals surface area contributed by atoms with E-state index in [2.05, 4.69) is 5.10 Å². The Morgan fingerprint density at radius 3 is 2.60 bits per heavy atom. The molecule has 0 N–H and O–H groups in total. The zero-order chi connectivity index (χ0) is 11.6. The third-order valence-corrected chi connectivity index (χ3v) is 2.05. The van der Waals surface area contributed by atoms with Gasteiger partial charge >= 0.3 is 6.18 Å². The standard InChI is InChI=1S/C8H5ClF3N3/c1-15-7(9)5(3-2-4-13)6(14-15)8(10,11)12/h2-3H,1H3. The molecule has 0 aromatic carbocycles. The summed E-state index contributed by atoms with van der Waals surface area (Å²) in [6.07, 6.45) is -2.68. The van der Waals surface area contributed by atoms with Crippen molar-refractivity contribution in [3.8, 4) is 6.07 Å². The quantitative estimate of drug-likeness (QED) is 0.702. The second-order valence-corrected chi connectivity index (χ2v) is 2.99. The lowest BCUT2D eigenvalue weighted by Crippen LogP contribution is -2.08. The number of aromatic nitrogens is 2. The lowest BCUT2D eigenvalue weighted by Gasteiger charge is -2.02. The Morgan fingerprint density at radius 2 is 2.13 bits per heavy atom. The van der Waals surface area contributed by atoms with Gasteiger partial charge in [-0.2, -0.15) is 23.5 Å². The van der Waals surface area contributed by atoms with Crippen molar-refractivity contribution in [2.45, 2.75) is 6.18 Å². The summed E-state index contributed by atoms with van der Waals surface area (Å²) < 4.78 is 38.2. The van der Waals surface area contributed by atoms with Crippen LogP contribution in [0.4, 0.5) is 13.2 Å². The summed E-state index contributed by atoms with van der Waals surface area (Å²) >= 11 is 5.60. The van der Waals surface area contributed by atoms with Crippen molar-refractivity contribution < 1.29 is 13.2 Å². The maximum Gasteiger partial charge on any atom is 0.435 e. The normalized spacial score (nSPS) is 12.0. The van der Waals surface area contributed by atoms with E-state index in [0.717, 1.165) is 16.8 Å². The van der Waals surface area contributed by atoms with E-state index in [-0.39, 0.29) is 10.7 Å². The lowest BCUT2D eigenvalue weighted by molar-refractivity contribution is -0.141. The first-order valence-corrected chi connectivity index (χ1v) is 4.11. The highest BCUT2D eigenvalue weighted by Crippen LogP contribution is 2.34. The molecule has 0 aliphatic carbocycles. The van der Waals surface area contributed by atoms with Crippen molar-refractivity contribution in [2.24, 2.45) is 7.05 Å². The number of hydrogen-bond acceptors (Lipinski definition) is 2. The summed E-state index contributed by atoms with van der Waals surface area (Å²) in [7, 11) is 1.29. The number of hydrogen-bond donors (Lipinski definition) is 0. The third-order valence-electron chi connectivity index (χ3n) is 1.60. The molecule has 1 aromatic rings. The van der Waals surface area contributed by atoms with Crippen molar-refractivity contribution in [3.05, 3.63) is 22.5 Å². The van der Waals surface area contributed by atoms with Crippen LogP contribution in [0.3, 0.4) is 0 Å². The summed E-state index contributed by atoms with van der Waals surface area (Å²) in [6, 6.07) is 1.59. The fourth-order valence-corrected chi connectivity index (χ4v) is 1.19. The highest BCUT2D eigenvalue weighted by molar-refractivity contribution is 6.31. The van der Waals surface area contributed by atoms with Gasteiger partial charge in [0, 0.05) is 18.7 Å². The first-order chi connectivity index (χ1) is 6.88. The Bertz CT molecular complexity index is 439. The second-order valence-electron chi connectivity index (χ2n) is 2.64. The molecule has 0 bridgehead atoms. The molecule has 15 heavy (non-hydrogen) atoms. The van der Waals surface area contributed by atoms with Crippen LogP contribution in [0.15, 0.2) is 6.08 Å². The number of allylic oxidation sites excluding steroid dienone is 1. The van der Waals surface area contributed by atoms with E-state index >= 15 is 0 Å². The summed E-state index contributed by atoms with van der Waals surface area (Å²) in [5.74, 6) is 0. The number of nitrogens with zero attached hydrogens (tertiary/aromatic N) is 3. The van der Waals surface area contributed by atoms with Crippen LogP contribution >= 0.6 is 11.6 Å². The van der Waals surface area contributed by atoms with E-state index in [9.17, 15) is 13.2 Å². The highest BCUT2D eigenvalue weighted by Gasteiger charge is 2.37. The van der Waals surface area contributed by atoms with E-state index in [4.69, 9.17) is 16.9 Å². The predicted octanol–water partition coefficient (Wildman–Crippen LogP) is 2.63. The van der Waals surface area contributed by atoms with Gasteiger partial charge in [0.1, 0.15) is 5.15 Å². The molecule has 1 heterocycles. The van der Waals surface area contributed by atoms with Gasteiger partial charge in [0.25, 0.3) is 0 Å². The van der Waals surface area contributed by atoms with Crippen LogP contribution < -0.4 is 0 Å². The zero-order valence-electron chi connectivity index (χ0n) is 7.51. The molecule has 0 aliphatic heterocycles. The minimum atomic E-state index is -4.58. The van der Waals surface area contributed by atoms with E-state index in [1.807, 2.05) is 0 Å². The smallest absolute Gasteiger partial charge is 0.256 e. The lowest BCUT2D eigenvalue weighted by atomic mass is 10.2. The molecule has 0 saturated heterocycles. The summed E-state index contributed by atoms with van der Waals surface area (Å²) in [6.45, 7) is 0. The molecule has 0 unspecified atom stereocenters. The van der Waals surface area contributed by atoms with E-state index < -0.39 is 11.9 Å². The molecule has 1 aromatic heterocycles. The van der Waals surface area contributed by atoms with Crippen molar-refractivity contribution in [2.75, 3.05) is 0 Å². The number of halogens is 4. The monoisotopic (exact) mass is 235 g/mol. The van der Waals surface area contributed by atoms with Gasteiger partial charge in [-0.15, -0.1) is 0 Å². The average molecular weight is 236 g/mol. The topological polar surface area (TPSA) is 41.6 Å². The largest absolute Gasteiger partial charge is 0.435 e. The van der Waals surface area contributed by atoms with Gasteiger partial charge in [-0.1, -0.05) is 11.6 Å². The van der Waals surface area contributed by atoms with E-state index in [1.54, 1.807) is 6.07 Å². The van der Waals surface area contributed by atoms with Crippen LogP contribution in [0.1, 0.15) is 11.3 Å². The van der Waals surface area contributed by atoms with E-state index in [0.29, 0.717) is 0 Å². The highest BCUT2D eigenvalue weighted by atomic mass is 35.5. The van der Waals surface area contributed by atoms with Gasteiger partial charge in [0.15, 0.2) is 5.69 Å².